The Morgan fingerprint density at radius 1 is 1.18 bits per heavy atom. The van der Waals surface area contributed by atoms with E-state index in [2.05, 4.69) is 0 Å². The Bertz CT molecular complexity index is 739. The number of nitrogens with zero attached hydrogens (tertiary/aromatic N) is 1. The van der Waals surface area contributed by atoms with Gasteiger partial charge in [-0.05, 0) is 24.3 Å². The molecule has 0 aromatic heterocycles. The molecule has 0 amide bonds. The number of alkyl halides is 4. The maximum absolute atomic E-state index is 12.8. The van der Waals surface area contributed by atoms with Gasteiger partial charge in [-0.3, -0.25) is 0 Å². The second kappa shape index (κ2) is 6.47. The minimum absolute atomic E-state index is 0.0601. The highest BCUT2D eigenvalue weighted by Gasteiger charge is 2.33. The maximum atomic E-state index is 12.8. The molecule has 22 heavy (non-hydrogen) atoms. The summed E-state index contributed by atoms with van der Waals surface area (Å²) in [6.45, 7) is 0. The first-order chi connectivity index (χ1) is 10.4. The fourth-order valence-corrected chi connectivity index (χ4v) is 2.24. The van der Waals surface area contributed by atoms with E-state index in [1.54, 1.807) is 12.1 Å². The van der Waals surface area contributed by atoms with Crippen LogP contribution in [-0.4, -0.2) is 0 Å². The second-order valence-electron chi connectivity index (χ2n) is 4.28. The standard InChI is InChI=1S/C15H8Cl2F3NO/c16-7-9-2-1-3-10(8-21)14(9)22-11-4-5-13(17)12(6-11)15(18,19)20/h1-6H,7H2. The van der Waals surface area contributed by atoms with Crippen LogP contribution in [-0.2, 0) is 12.1 Å². The van der Waals surface area contributed by atoms with Crippen LogP contribution in [0.3, 0.4) is 0 Å². The largest absolute Gasteiger partial charge is 0.456 e. The summed E-state index contributed by atoms with van der Waals surface area (Å²) < 4.78 is 44.0. The van der Waals surface area contributed by atoms with E-state index in [1.807, 2.05) is 6.07 Å². The molecule has 0 aliphatic carbocycles. The average Bonchev–Trinajstić information content (AvgIpc) is 2.48. The highest BCUT2D eigenvalue weighted by Crippen LogP contribution is 2.38. The Balaban J connectivity index is 2.47. The van der Waals surface area contributed by atoms with Crippen LogP contribution >= 0.6 is 23.2 Å². The molecule has 0 bridgehead atoms. The molecular formula is C15H8Cl2F3NO. The van der Waals surface area contributed by atoms with Gasteiger partial charge < -0.3 is 4.74 Å². The molecule has 114 valence electrons. The summed E-state index contributed by atoms with van der Waals surface area (Å²) in [5, 5.41) is 8.65. The molecule has 0 unspecified atom stereocenters. The van der Waals surface area contributed by atoms with Crippen molar-refractivity contribution in [3.8, 4) is 17.6 Å². The van der Waals surface area contributed by atoms with E-state index in [0.717, 1.165) is 12.1 Å². The van der Waals surface area contributed by atoms with Gasteiger partial charge in [0.15, 0.2) is 0 Å². The zero-order chi connectivity index (χ0) is 16.3. The maximum Gasteiger partial charge on any atom is 0.417 e. The predicted molar refractivity (Wildman–Crippen MR) is 77.2 cm³/mol. The summed E-state index contributed by atoms with van der Waals surface area (Å²) in [7, 11) is 0. The molecule has 0 spiro atoms. The number of hydrogen-bond acceptors (Lipinski definition) is 2. The Morgan fingerprint density at radius 3 is 2.50 bits per heavy atom. The Kier molecular flexibility index (Phi) is 4.84. The normalized spacial score (nSPS) is 11.1. The van der Waals surface area contributed by atoms with Gasteiger partial charge in [0.25, 0.3) is 0 Å². The average molecular weight is 346 g/mol. The van der Waals surface area contributed by atoms with Gasteiger partial charge in [0, 0.05) is 5.56 Å². The van der Waals surface area contributed by atoms with Crippen LogP contribution in [0.4, 0.5) is 13.2 Å². The molecule has 0 heterocycles. The topological polar surface area (TPSA) is 33.0 Å². The predicted octanol–water partition coefficient (Wildman–Crippen LogP) is 5.76. The van der Waals surface area contributed by atoms with Gasteiger partial charge in [-0.25, -0.2) is 0 Å². The smallest absolute Gasteiger partial charge is 0.417 e. The third kappa shape index (κ3) is 3.46. The summed E-state index contributed by atoms with van der Waals surface area (Å²) in [4.78, 5) is 0. The molecule has 2 nitrogen and oxygen atoms in total. The lowest BCUT2D eigenvalue weighted by molar-refractivity contribution is -0.137. The summed E-state index contributed by atoms with van der Waals surface area (Å²) >= 11 is 11.3. The van der Waals surface area contributed by atoms with Crippen LogP contribution in [0.2, 0.25) is 5.02 Å². The number of rotatable bonds is 3. The number of halogens is 5. The van der Waals surface area contributed by atoms with E-state index >= 15 is 0 Å². The Morgan fingerprint density at radius 2 is 1.91 bits per heavy atom. The van der Waals surface area contributed by atoms with Crippen LogP contribution in [0.1, 0.15) is 16.7 Å². The molecule has 0 fully saturated rings. The number of para-hydroxylation sites is 1. The fraction of sp³-hybridized carbons (Fsp3) is 0.133. The molecule has 0 aliphatic heterocycles. The van der Waals surface area contributed by atoms with Gasteiger partial charge in [-0.15, -0.1) is 11.6 Å². The van der Waals surface area contributed by atoms with Crippen molar-refractivity contribution in [2.45, 2.75) is 12.1 Å². The molecule has 2 aromatic rings. The van der Waals surface area contributed by atoms with Crippen LogP contribution in [0, 0.1) is 11.3 Å². The second-order valence-corrected chi connectivity index (χ2v) is 4.96. The van der Waals surface area contributed by atoms with E-state index in [1.165, 1.54) is 12.1 Å². The molecule has 2 aromatic carbocycles. The van der Waals surface area contributed by atoms with E-state index in [0.29, 0.717) is 5.56 Å². The van der Waals surface area contributed by atoms with E-state index in [-0.39, 0.29) is 22.9 Å². The van der Waals surface area contributed by atoms with Crippen molar-refractivity contribution in [2.75, 3.05) is 0 Å². The van der Waals surface area contributed by atoms with E-state index < -0.39 is 16.8 Å². The highest BCUT2D eigenvalue weighted by atomic mass is 35.5. The highest BCUT2D eigenvalue weighted by molar-refractivity contribution is 6.31. The van der Waals surface area contributed by atoms with Crippen LogP contribution in [0.5, 0.6) is 11.5 Å². The van der Waals surface area contributed by atoms with Crippen molar-refractivity contribution in [1.82, 2.24) is 0 Å². The molecule has 0 N–H and O–H groups in total. The van der Waals surface area contributed by atoms with Gasteiger partial charge in [0.1, 0.15) is 17.6 Å². The lowest BCUT2D eigenvalue weighted by Gasteiger charge is -2.14. The molecule has 0 radical (unpaired) electrons. The van der Waals surface area contributed by atoms with Crippen molar-refractivity contribution in [2.24, 2.45) is 0 Å². The number of nitriles is 1. The summed E-state index contributed by atoms with van der Waals surface area (Å²) in [6.07, 6.45) is -4.60. The SMILES string of the molecule is N#Cc1cccc(CCl)c1Oc1ccc(Cl)c(C(F)(F)F)c1. The van der Waals surface area contributed by atoms with Crippen LogP contribution < -0.4 is 4.74 Å². The number of benzene rings is 2. The zero-order valence-corrected chi connectivity index (χ0v) is 12.4. The fourth-order valence-electron chi connectivity index (χ4n) is 1.80. The summed E-state index contributed by atoms with van der Waals surface area (Å²) in [5.74, 6) is 0.117. The molecule has 2 rings (SSSR count). The molecule has 7 heteroatoms. The van der Waals surface area contributed by atoms with E-state index in [9.17, 15) is 13.2 Å². The Labute approximate surface area is 134 Å². The monoisotopic (exact) mass is 345 g/mol. The molecular weight excluding hydrogens is 338 g/mol. The van der Waals surface area contributed by atoms with Crippen molar-refractivity contribution in [3.63, 3.8) is 0 Å². The number of ether oxygens (including phenoxy) is 1. The number of hydrogen-bond donors (Lipinski definition) is 0. The van der Waals surface area contributed by atoms with Crippen LogP contribution in [0.15, 0.2) is 36.4 Å². The first kappa shape index (κ1) is 16.5. The third-order valence-corrected chi connectivity index (χ3v) is 3.44. The third-order valence-electron chi connectivity index (χ3n) is 2.82. The first-order valence-corrected chi connectivity index (χ1v) is 6.90. The van der Waals surface area contributed by atoms with Gasteiger partial charge in [0.2, 0.25) is 0 Å². The quantitative estimate of drug-likeness (QED) is 0.662. The minimum Gasteiger partial charge on any atom is -0.456 e. The molecule has 0 aliphatic rings. The molecule has 0 saturated heterocycles. The van der Waals surface area contributed by atoms with Crippen molar-refractivity contribution >= 4 is 23.2 Å². The van der Waals surface area contributed by atoms with Gasteiger partial charge in [-0.2, -0.15) is 18.4 Å². The zero-order valence-electron chi connectivity index (χ0n) is 10.9. The van der Waals surface area contributed by atoms with Gasteiger partial charge in [-0.1, -0.05) is 23.7 Å². The molecule has 0 saturated carbocycles. The molecule has 0 atom stereocenters. The summed E-state index contributed by atoms with van der Waals surface area (Å²) in [6, 6.07) is 9.83. The van der Waals surface area contributed by atoms with Gasteiger partial charge >= 0.3 is 6.18 Å². The van der Waals surface area contributed by atoms with E-state index in [4.69, 9.17) is 33.2 Å². The summed E-state index contributed by atoms with van der Waals surface area (Å²) in [5.41, 5.74) is -0.320. The van der Waals surface area contributed by atoms with Crippen molar-refractivity contribution in [1.29, 1.82) is 5.26 Å². The van der Waals surface area contributed by atoms with Crippen molar-refractivity contribution in [3.05, 3.63) is 58.1 Å². The van der Waals surface area contributed by atoms with Crippen LogP contribution in [0.25, 0.3) is 0 Å². The first-order valence-electron chi connectivity index (χ1n) is 5.99. The minimum atomic E-state index is -4.60. The lowest BCUT2D eigenvalue weighted by atomic mass is 10.1. The van der Waals surface area contributed by atoms with Crippen molar-refractivity contribution < 1.29 is 17.9 Å². The Hall–Kier alpha value is -1.90. The lowest BCUT2D eigenvalue weighted by Crippen LogP contribution is -2.06. The van der Waals surface area contributed by atoms with Gasteiger partial charge in [0.05, 0.1) is 22.0 Å².